The third-order valence-corrected chi connectivity index (χ3v) is 3.84. The summed E-state index contributed by atoms with van der Waals surface area (Å²) in [5.41, 5.74) is 7.31. The first-order valence-electron chi connectivity index (χ1n) is 6.51. The molecule has 2 aromatic rings. The van der Waals surface area contributed by atoms with Crippen LogP contribution in [0.1, 0.15) is 17.0 Å². The highest BCUT2D eigenvalue weighted by Crippen LogP contribution is 2.39. The van der Waals surface area contributed by atoms with Gasteiger partial charge >= 0.3 is 0 Å². The van der Waals surface area contributed by atoms with E-state index in [-0.39, 0.29) is 29.4 Å². The highest BCUT2D eigenvalue weighted by molar-refractivity contribution is 6.30. The number of nitrogens with zero attached hydrogens (tertiary/aromatic N) is 3. The molecule has 0 fully saturated rings. The minimum Gasteiger partial charge on any atom is -0.396 e. The summed E-state index contributed by atoms with van der Waals surface area (Å²) < 4.78 is 13.0. The Morgan fingerprint density at radius 1 is 1.33 bits per heavy atom. The highest BCUT2D eigenvalue weighted by Gasteiger charge is 2.33. The smallest absolute Gasteiger partial charge is 0.223 e. The number of benzene rings is 1. The minimum atomic E-state index is -0.275. The maximum atomic E-state index is 13.0. The number of aliphatic hydroxyl groups excluding tert-OH is 1. The van der Waals surface area contributed by atoms with E-state index in [1.807, 2.05) is 4.90 Å². The van der Waals surface area contributed by atoms with Gasteiger partial charge in [-0.2, -0.15) is 4.98 Å². The molecule has 3 rings (SSSR count). The van der Waals surface area contributed by atoms with Crippen LogP contribution in [0.15, 0.2) is 24.3 Å². The van der Waals surface area contributed by atoms with Gasteiger partial charge in [0.1, 0.15) is 16.8 Å². The van der Waals surface area contributed by atoms with Crippen LogP contribution in [-0.2, 0) is 6.54 Å². The van der Waals surface area contributed by atoms with Gasteiger partial charge in [0.25, 0.3) is 0 Å². The van der Waals surface area contributed by atoms with Crippen molar-refractivity contribution in [2.24, 2.45) is 0 Å². The molecular weight excluding hydrogens is 295 g/mol. The predicted molar refractivity (Wildman–Crippen MR) is 78.7 cm³/mol. The van der Waals surface area contributed by atoms with Gasteiger partial charge in [0.15, 0.2) is 0 Å². The summed E-state index contributed by atoms with van der Waals surface area (Å²) in [4.78, 5) is 10.1. The molecule has 0 saturated heterocycles. The van der Waals surface area contributed by atoms with Gasteiger partial charge in [0, 0.05) is 24.6 Å². The lowest BCUT2D eigenvalue weighted by Crippen LogP contribution is -2.23. The van der Waals surface area contributed by atoms with E-state index in [0.29, 0.717) is 18.9 Å². The van der Waals surface area contributed by atoms with Crippen LogP contribution < -0.4 is 10.6 Å². The van der Waals surface area contributed by atoms with Gasteiger partial charge in [-0.1, -0.05) is 23.7 Å². The molecule has 1 aromatic carbocycles. The van der Waals surface area contributed by atoms with E-state index < -0.39 is 0 Å². The van der Waals surface area contributed by atoms with Gasteiger partial charge in [-0.15, -0.1) is 0 Å². The second-order valence-electron chi connectivity index (χ2n) is 5.00. The molecule has 2 heterocycles. The molecule has 0 saturated carbocycles. The van der Waals surface area contributed by atoms with Crippen LogP contribution in [0.2, 0.25) is 5.15 Å². The third kappa shape index (κ3) is 2.64. The Balaban J connectivity index is 1.94. The zero-order valence-electron chi connectivity index (χ0n) is 11.1. The Bertz CT molecular complexity index is 665. The molecule has 1 aliphatic heterocycles. The van der Waals surface area contributed by atoms with E-state index in [0.717, 1.165) is 11.1 Å². The van der Waals surface area contributed by atoms with Crippen LogP contribution in [0.3, 0.4) is 0 Å². The van der Waals surface area contributed by atoms with Crippen LogP contribution in [0.4, 0.5) is 16.2 Å². The zero-order valence-corrected chi connectivity index (χ0v) is 11.9. The molecule has 3 N–H and O–H groups in total. The Hall–Kier alpha value is -1.92. The Labute approximate surface area is 126 Å². The molecule has 110 valence electrons. The molecular formula is C14H14ClFN4O. The molecule has 1 atom stereocenters. The van der Waals surface area contributed by atoms with Gasteiger partial charge < -0.3 is 15.7 Å². The summed E-state index contributed by atoms with van der Waals surface area (Å²) in [6.07, 6.45) is 0. The summed E-state index contributed by atoms with van der Waals surface area (Å²) in [7, 11) is 0. The SMILES string of the molecule is Nc1nc(Cl)c2c(n1)N(Cc1ccc(F)cc1)C[C@H]2CO. The summed E-state index contributed by atoms with van der Waals surface area (Å²) in [6.45, 7) is 1.07. The van der Waals surface area contributed by atoms with Crippen LogP contribution in [0, 0.1) is 5.82 Å². The lowest BCUT2D eigenvalue weighted by atomic mass is 10.1. The van der Waals surface area contributed by atoms with Gasteiger partial charge in [0.2, 0.25) is 5.95 Å². The molecule has 0 amide bonds. The Morgan fingerprint density at radius 3 is 2.71 bits per heavy atom. The van der Waals surface area contributed by atoms with E-state index in [1.165, 1.54) is 12.1 Å². The fourth-order valence-electron chi connectivity index (χ4n) is 2.58. The van der Waals surface area contributed by atoms with Crippen LogP contribution in [-0.4, -0.2) is 28.2 Å². The summed E-state index contributed by atoms with van der Waals surface area (Å²) in [5.74, 6) is 0.314. The van der Waals surface area contributed by atoms with Crippen molar-refractivity contribution in [1.82, 2.24) is 9.97 Å². The van der Waals surface area contributed by atoms with E-state index in [9.17, 15) is 9.50 Å². The molecule has 0 spiro atoms. The molecule has 0 bridgehead atoms. The molecule has 0 radical (unpaired) electrons. The van der Waals surface area contributed by atoms with E-state index in [2.05, 4.69) is 9.97 Å². The number of aromatic nitrogens is 2. The largest absolute Gasteiger partial charge is 0.396 e. The molecule has 1 aromatic heterocycles. The van der Waals surface area contributed by atoms with Crippen molar-refractivity contribution in [3.8, 4) is 0 Å². The van der Waals surface area contributed by atoms with E-state index >= 15 is 0 Å². The van der Waals surface area contributed by atoms with Crippen molar-refractivity contribution in [2.45, 2.75) is 12.5 Å². The van der Waals surface area contributed by atoms with Crippen LogP contribution >= 0.6 is 11.6 Å². The van der Waals surface area contributed by atoms with Crippen molar-refractivity contribution < 1.29 is 9.50 Å². The summed E-state index contributed by atoms with van der Waals surface area (Å²) >= 11 is 6.12. The predicted octanol–water partition coefficient (Wildman–Crippen LogP) is 1.95. The first kappa shape index (κ1) is 14.0. The first-order chi connectivity index (χ1) is 10.1. The molecule has 1 aliphatic rings. The van der Waals surface area contributed by atoms with E-state index in [4.69, 9.17) is 17.3 Å². The standard InChI is InChI=1S/C14H14ClFN4O/c15-12-11-9(7-21)6-20(13(11)19-14(17)18-12)5-8-1-3-10(16)4-2-8/h1-4,9,21H,5-7H2,(H2,17,18,19)/t9-/m0/s1. The average molecular weight is 309 g/mol. The Kier molecular flexibility index (Phi) is 3.65. The first-order valence-corrected chi connectivity index (χ1v) is 6.89. The minimum absolute atomic E-state index is 0.0418. The number of hydrogen-bond donors (Lipinski definition) is 2. The Morgan fingerprint density at radius 2 is 2.05 bits per heavy atom. The van der Waals surface area contributed by atoms with Crippen molar-refractivity contribution >= 4 is 23.4 Å². The number of halogens is 2. The lowest BCUT2D eigenvalue weighted by molar-refractivity contribution is 0.270. The normalized spacial score (nSPS) is 17.1. The van der Waals surface area contributed by atoms with Crippen molar-refractivity contribution in [3.63, 3.8) is 0 Å². The number of fused-ring (bicyclic) bond motifs is 1. The number of nitrogens with two attached hydrogens (primary N) is 1. The summed E-state index contributed by atoms with van der Waals surface area (Å²) in [6, 6.07) is 6.26. The second-order valence-corrected chi connectivity index (χ2v) is 5.35. The molecule has 0 aliphatic carbocycles. The molecule has 21 heavy (non-hydrogen) atoms. The number of nitrogen functional groups attached to an aromatic ring is 1. The van der Waals surface area contributed by atoms with Crippen molar-refractivity contribution in [2.75, 3.05) is 23.8 Å². The number of anilines is 2. The second kappa shape index (κ2) is 5.46. The topological polar surface area (TPSA) is 75.3 Å². The lowest BCUT2D eigenvalue weighted by Gasteiger charge is -2.19. The number of aliphatic hydroxyl groups is 1. The molecule has 7 heteroatoms. The van der Waals surface area contributed by atoms with Crippen molar-refractivity contribution in [1.29, 1.82) is 0 Å². The number of rotatable bonds is 3. The van der Waals surface area contributed by atoms with Crippen LogP contribution in [0.5, 0.6) is 0 Å². The van der Waals surface area contributed by atoms with Gasteiger partial charge in [0.05, 0.1) is 6.61 Å². The fourth-order valence-corrected chi connectivity index (χ4v) is 2.91. The monoisotopic (exact) mass is 308 g/mol. The highest BCUT2D eigenvalue weighted by atomic mass is 35.5. The van der Waals surface area contributed by atoms with Crippen molar-refractivity contribution in [3.05, 3.63) is 46.4 Å². The van der Waals surface area contributed by atoms with Gasteiger partial charge in [-0.05, 0) is 17.7 Å². The fraction of sp³-hybridized carbons (Fsp3) is 0.286. The zero-order chi connectivity index (χ0) is 15.0. The number of hydrogen-bond acceptors (Lipinski definition) is 5. The maximum Gasteiger partial charge on any atom is 0.223 e. The molecule has 5 nitrogen and oxygen atoms in total. The van der Waals surface area contributed by atoms with Crippen LogP contribution in [0.25, 0.3) is 0 Å². The third-order valence-electron chi connectivity index (χ3n) is 3.55. The maximum absolute atomic E-state index is 13.0. The quantitative estimate of drug-likeness (QED) is 0.848. The van der Waals surface area contributed by atoms with Gasteiger partial charge in [-0.25, -0.2) is 9.37 Å². The van der Waals surface area contributed by atoms with Gasteiger partial charge in [-0.3, -0.25) is 0 Å². The van der Waals surface area contributed by atoms with E-state index in [1.54, 1.807) is 12.1 Å². The molecule has 0 unspecified atom stereocenters. The summed E-state index contributed by atoms with van der Waals surface area (Å²) in [5, 5.41) is 9.78. The average Bonchev–Trinajstić information content (AvgIpc) is 2.79.